The summed E-state index contributed by atoms with van der Waals surface area (Å²) >= 11 is 0. The molecule has 1 aromatic heterocycles. The van der Waals surface area contributed by atoms with Gasteiger partial charge in [-0.25, -0.2) is 0 Å². The molecule has 0 aliphatic carbocycles. The predicted octanol–water partition coefficient (Wildman–Crippen LogP) is 3.79. The van der Waals surface area contributed by atoms with Gasteiger partial charge < -0.3 is 5.32 Å². The number of pyridine rings is 1. The number of hydrogen-bond donors (Lipinski definition) is 1. The van der Waals surface area contributed by atoms with Gasteiger partial charge in [0.2, 0.25) is 0 Å². The maximum atomic E-state index is 10.9. The van der Waals surface area contributed by atoms with E-state index in [0.29, 0.717) is 0 Å². The van der Waals surface area contributed by atoms with E-state index in [1.54, 1.807) is 18.3 Å². The second-order valence-electron chi connectivity index (χ2n) is 4.96. The molecule has 2 rings (SSSR count). The molecular weight excluding hydrogens is 266 g/mol. The molecule has 1 N–H and O–H groups in total. The molecule has 1 heterocycles. The van der Waals surface area contributed by atoms with Crippen molar-refractivity contribution < 1.29 is 4.92 Å². The third-order valence-electron chi connectivity index (χ3n) is 3.47. The predicted molar refractivity (Wildman–Crippen MR) is 81.9 cm³/mol. The fourth-order valence-corrected chi connectivity index (χ4v) is 2.32. The van der Waals surface area contributed by atoms with Gasteiger partial charge in [-0.15, -0.1) is 0 Å². The second kappa shape index (κ2) is 6.95. The number of hydrogen-bond acceptors (Lipinski definition) is 4. The Labute approximate surface area is 124 Å². The molecule has 0 aliphatic rings. The molecule has 2 aromatic rings. The minimum Gasteiger partial charge on any atom is -0.302 e. The Bertz CT molecular complexity index is 601. The van der Waals surface area contributed by atoms with Crippen LogP contribution >= 0.6 is 0 Å². The van der Waals surface area contributed by atoms with Crippen LogP contribution in [-0.2, 0) is 0 Å². The van der Waals surface area contributed by atoms with Crippen molar-refractivity contribution in [2.45, 2.75) is 32.4 Å². The summed E-state index contributed by atoms with van der Waals surface area (Å²) in [5.41, 5.74) is 2.01. The van der Waals surface area contributed by atoms with Gasteiger partial charge in [-0.2, -0.15) is 0 Å². The highest BCUT2D eigenvalue weighted by atomic mass is 16.6. The first-order valence-corrected chi connectivity index (χ1v) is 7.03. The highest BCUT2D eigenvalue weighted by Crippen LogP contribution is 2.24. The first kappa shape index (κ1) is 15.1. The normalized spacial score (nSPS) is 13.6. The van der Waals surface area contributed by atoms with Crippen LogP contribution in [0.3, 0.4) is 0 Å². The van der Waals surface area contributed by atoms with E-state index in [1.165, 1.54) is 6.07 Å². The van der Waals surface area contributed by atoms with Crippen molar-refractivity contribution in [3.63, 3.8) is 0 Å². The summed E-state index contributed by atoms with van der Waals surface area (Å²) < 4.78 is 0. The molecule has 0 bridgehead atoms. The van der Waals surface area contributed by atoms with Crippen molar-refractivity contribution in [1.29, 1.82) is 0 Å². The summed E-state index contributed by atoms with van der Waals surface area (Å²) in [6.07, 6.45) is 2.61. The van der Waals surface area contributed by atoms with E-state index in [1.807, 2.05) is 31.2 Å². The summed E-state index contributed by atoms with van der Waals surface area (Å²) in [7, 11) is 0. The van der Waals surface area contributed by atoms with Gasteiger partial charge in [-0.05, 0) is 31.0 Å². The van der Waals surface area contributed by atoms with Gasteiger partial charge in [0.15, 0.2) is 0 Å². The number of nitrogens with one attached hydrogen (secondary N) is 1. The molecule has 0 saturated heterocycles. The lowest BCUT2D eigenvalue weighted by atomic mass is 10.0. The minimum atomic E-state index is -0.363. The molecule has 21 heavy (non-hydrogen) atoms. The van der Waals surface area contributed by atoms with Crippen LogP contribution in [0.1, 0.15) is 43.6 Å². The highest BCUT2D eigenvalue weighted by molar-refractivity contribution is 5.36. The summed E-state index contributed by atoms with van der Waals surface area (Å²) in [4.78, 5) is 14.9. The molecule has 5 heteroatoms. The van der Waals surface area contributed by atoms with E-state index in [2.05, 4.69) is 17.2 Å². The van der Waals surface area contributed by atoms with Crippen molar-refractivity contribution in [3.8, 4) is 0 Å². The second-order valence-corrected chi connectivity index (χ2v) is 4.96. The lowest BCUT2D eigenvalue weighted by molar-refractivity contribution is -0.384. The average molecular weight is 285 g/mol. The Morgan fingerprint density at radius 1 is 1.29 bits per heavy atom. The number of nitro benzene ring substituents is 1. The minimum absolute atomic E-state index is 0.0573. The average Bonchev–Trinajstić information content (AvgIpc) is 2.53. The van der Waals surface area contributed by atoms with Crippen LogP contribution in [0.4, 0.5) is 5.69 Å². The molecule has 0 saturated carbocycles. The van der Waals surface area contributed by atoms with Gasteiger partial charge in [-0.1, -0.05) is 25.1 Å². The fraction of sp³-hybridized carbons (Fsp3) is 0.312. The lowest BCUT2D eigenvalue weighted by Crippen LogP contribution is -2.24. The van der Waals surface area contributed by atoms with Crippen molar-refractivity contribution in [2.75, 3.05) is 0 Å². The highest BCUT2D eigenvalue weighted by Gasteiger charge is 2.16. The molecule has 1 unspecified atom stereocenters. The Hall–Kier alpha value is -2.27. The Balaban J connectivity index is 2.16. The molecular formula is C16H19N3O2. The molecule has 0 radical (unpaired) electrons. The van der Waals surface area contributed by atoms with Crippen molar-refractivity contribution in [2.24, 2.45) is 0 Å². The number of aromatic nitrogens is 1. The van der Waals surface area contributed by atoms with Crippen LogP contribution in [-0.4, -0.2) is 9.91 Å². The molecule has 0 spiro atoms. The summed E-state index contributed by atoms with van der Waals surface area (Å²) in [6, 6.07) is 12.7. The summed E-state index contributed by atoms with van der Waals surface area (Å²) in [5, 5.41) is 14.4. The van der Waals surface area contributed by atoms with Crippen LogP contribution in [0, 0.1) is 10.1 Å². The van der Waals surface area contributed by atoms with Crippen LogP contribution in [0.15, 0.2) is 48.7 Å². The zero-order valence-corrected chi connectivity index (χ0v) is 12.2. The van der Waals surface area contributed by atoms with E-state index in [9.17, 15) is 10.1 Å². The van der Waals surface area contributed by atoms with Crippen LogP contribution in [0.5, 0.6) is 0 Å². The molecule has 0 fully saturated rings. The summed E-state index contributed by atoms with van der Waals surface area (Å²) in [6.45, 7) is 4.10. The Morgan fingerprint density at radius 2 is 2.10 bits per heavy atom. The van der Waals surface area contributed by atoms with Gasteiger partial charge in [0.25, 0.3) is 5.69 Å². The first-order chi connectivity index (χ1) is 10.1. The van der Waals surface area contributed by atoms with E-state index >= 15 is 0 Å². The smallest absolute Gasteiger partial charge is 0.269 e. The van der Waals surface area contributed by atoms with Gasteiger partial charge in [0.05, 0.1) is 10.6 Å². The third-order valence-corrected chi connectivity index (χ3v) is 3.47. The molecule has 110 valence electrons. The number of nitrogens with zero attached hydrogens (tertiary/aromatic N) is 2. The van der Waals surface area contributed by atoms with Crippen molar-refractivity contribution >= 4 is 5.69 Å². The maximum absolute atomic E-state index is 10.9. The van der Waals surface area contributed by atoms with Gasteiger partial charge in [-0.3, -0.25) is 15.1 Å². The Morgan fingerprint density at radius 3 is 2.71 bits per heavy atom. The van der Waals surface area contributed by atoms with E-state index in [4.69, 9.17) is 0 Å². The standard InChI is InChI=1S/C16H19N3O2/c1-3-15(13-7-6-8-14(11-13)19(20)21)18-12(2)16-9-4-5-10-17-16/h4-12,15,18H,3H2,1-2H3/t12-,15?/m1/s1. The van der Waals surface area contributed by atoms with Crippen molar-refractivity contribution in [3.05, 3.63) is 70.0 Å². The monoisotopic (exact) mass is 285 g/mol. The fourth-order valence-electron chi connectivity index (χ4n) is 2.32. The zero-order chi connectivity index (χ0) is 15.2. The summed E-state index contributed by atoms with van der Waals surface area (Å²) in [5.74, 6) is 0. The number of rotatable bonds is 6. The van der Waals surface area contributed by atoms with Crippen molar-refractivity contribution in [1.82, 2.24) is 10.3 Å². The van der Waals surface area contributed by atoms with Crippen LogP contribution in [0.25, 0.3) is 0 Å². The largest absolute Gasteiger partial charge is 0.302 e. The molecule has 2 atom stereocenters. The number of nitro groups is 1. The quantitative estimate of drug-likeness (QED) is 0.647. The van der Waals surface area contributed by atoms with E-state index in [0.717, 1.165) is 17.7 Å². The SMILES string of the molecule is CCC(N[C@H](C)c1ccccn1)c1cccc([N+](=O)[O-])c1. The van der Waals surface area contributed by atoms with Crippen LogP contribution < -0.4 is 5.32 Å². The van der Waals surface area contributed by atoms with Gasteiger partial charge in [0.1, 0.15) is 0 Å². The van der Waals surface area contributed by atoms with Crippen LogP contribution in [0.2, 0.25) is 0 Å². The van der Waals surface area contributed by atoms with Gasteiger partial charge in [0, 0.05) is 30.4 Å². The molecule has 5 nitrogen and oxygen atoms in total. The number of non-ortho nitro benzene ring substituents is 1. The topological polar surface area (TPSA) is 68.1 Å². The van der Waals surface area contributed by atoms with E-state index in [-0.39, 0.29) is 22.7 Å². The van der Waals surface area contributed by atoms with E-state index < -0.39 is 0 Å². The lowest BCUT2D eigenvalue weighted by Gasteiger charge is -2.22. The Kier molecular flexibility index (Phi) is 5.00. The van der Waals surface area contributed by atoms with Gasteiger partial charge >= 0.3 is 0 Å². The maximum Gasteiger partial charge on any atom is 0.269 e. The zero-order valence-electron chi connectivity index (χ0n) is 12.2. The first-order valence-electron chi connectivity index (χ1n) is 7.03. The number of benzene rings is 1. The third kappa shape index (κ3) is 3.86. The molecule has 0 aliphatic heterocycles. The molecule has 1 aromatic carbocycles. The molecule has 0 amide bonds.